The van der Waals surface area contributed by atoms with E-state index in [0.29, 0.717) is 37.5 Å². The lowest BCUT2D eigenvalue weighted by Gasteiger charge is -2.21. The summed E-state index contributed by atoms with van der Waals surface area (Å²) in [6, 6.07) is 9.31. The van der Waals surface area contributed by atoms with E-state index in [1.54, 1.807) is 6.07 Å². The van der Waals surface area contributed by atoms with E-state index < -0.39 is 0 Å². The smallest absolute Gasteiger partial charge is 0.230 e. The van der Waals surface area contributed by atoms with Gasteiger partial charge in [0.05, 0.1) is 18.2 Å². The second kappa shape index (κ2) is 7.74. The van der Waals surface area contributed by atoms with Crippen LogP contribution >= 0.6 is 0 Å². The molecule has 1 atom stereocenters. The summed E-state index contributed by atoms with van der Waals surface area (Å²) in [5.41, 5.74) is 1.51. The van der Waals surface area contributed by atoms with E-state index in [-0.39, 0.29) is 17.7 Å². The van der Waals surface area contributed by atoms with Crippen molar-refractivity contribution in [2.24, 2.45) is 5.92 Å². The van der Waals surface area contributed by atoms with Crippen molar-refractivity contribution in [1.82, 2.24) is 15.3 Å². The number of hydrogen-bond donors (Lipinski definition) is 2. The number of ether oxygens (including phenoxy) is 1. The highest BCUT2D eigenvalue weighted by atomic mass is 16.5. The average molecular weight is 340 g/mol. The van der Waals surface area contributed by atoms with Gasteiger partial charge in [-0.05, 0) is 25.5 Å². The molecule has 0 radical (unpaired) electrons. The molecule has 0 spiro atoms. The molecule has 2 aromatic rings. The Labute approximate surface area is 145 Å². The molecule has 1 aromatic carbocycles. The van der Waals surface area contributed by atoms with Crippen molar-refractivity contribution < 1.29 is 14.3 Å². The van der Waals surface area contributed by atoms with Crippen LogP contribution in [0.5, 0.6) is 5.75 Å². The molecule has 7 heteroatoms. The van der Waals surface area contributed by atoms with Crippen LogP contribution in [0, 0.1) is 5.92 Å². The van der Waals surface area contributed by atoms with Crippen LogP contribution in [-0.2, 0) is 9.59 Å². The molecule has 1 aromatic heterocycles. The van der Waals surface area contributed by atoms with Gasteiger partial charge in [0.15, 0.2) is 0 Å². The number of nitrogens with zero attached hydrogens (tertiary/aromatic N) is 2. The first-order valence-corrected chi connectivity index (χ1v) is 8.29. The van der Waals surface area contributed by atoms with Gasteiger partial charge < -0.3 is 15.4 Å². The Kier molecular flexibility index (Phi) is 5.23. The number of benzene rings is 1. The molecule has 1 saturated heterocycles. The zero-order valence-electron chi connectivity index (χ0n) is 14.0. The standard InChI is InChI=1S/C18H20N4O3/c1-2-25-15-6-4-3-5-13(15)14-9-16(21-11-20-14)22-18(24)12-7-8-17(23)19-10-12/h3-6,9,11-12H,2,7-8,10H2,1H3,(H,19,23)(H,20,21,22,24). The average Bonchev–Trinajstić information content (AvgIpc) is 2.63. The maximum absolute atomic E-state index is 12.3. The molecule has 1 unspecified atom stereocenters. The molecule has 25 heavy (non-hydrogen) atoms. The lowest BCUT2D eigenvalue weighted by Crippen LogP contribution is -2.40. The summed E-state index contributed by atoms with van der Waals surface area (Å²) in [5, 5.41) is 5.51. The van der Waals surface area contributed by atoms with Crippen LogP contribution in [0.1, 0.15) is 19.8 Å². The number of anilines is 1. The van der Waals surface area contributed by atoms with Crippen LogP contribution in [0.4, 0.5) is 5.82 Å². The number of carbonyl (C=O) groups excluding carboxylic acids is 2. The summed E-state index contributed by atoms with van der Waals surface area (Å²) in [6.07, 6.45) is 2.33. The first-order valence-electron chi connectivity index (χ1n) is 8.29. The van der Waals surface area contributed by atoms with Crippen LogP contribution in [0.2, 0.25) is 0 Å². The topological polar surface area (TPSA) is 93.2 Å². The van der Waals surface area contributed by atoms with Gasteiger partial charge in [0, 0.05) is 24.6 Å². The second-order valence-corrected chi connectivity index (χ2v) is 5.75. The number of carbonyl (C=O) groups is 2. The molecule has 1 aliphatic heterocycles. The number of para-hydroxylation sites is 1. The Bertz CT molecular complexity index is 768. The molecule has 0 saturated carbocycles. The fourth-order valence-corrected chi connectivity index (χ4v) is 2.72. The normalized spacial score (nSPS) is 16.8. The quantitative estimate of drug-likeness (QED) is 0.868. The molecular formula is C18H20N4O3. The molecule has 2 amide bonds. The highest BCUT2D eigenvalue weighted by Crippen LogP contribution is 2.29. The Hall–Kier alpha value is -2.96. The molecule has 2 N–H and O–H groups in total. The summed E-state index contributed by atoms with van der Waals surface area (Å²) in [6.45, 7) is 2.83. The molecule has 1 fully saturated rings. The van der Waals surface area contributed by atoms with E-state index >= 15 is 0 Å². The minimum atomic E-state index is -0.244. The molecule has 3 rings (SSSR count). The molecule has 1 aliphatic rings. The first-order chi connectivity index (χ1) is 12.2. The molecule has 0 bridgehead atoms. The maximum Gasteiger partial charge on any atom is 0.230 e. The lowest BCUT2D eigenvalue weighted by atomic mass is 9.98. The van der Waals surface area contributed by atoms with Gasteiger partial charge >= 0.3 is 0 Å². The van der Waals surface area contributed by atoms with Gasteiger partial charge in [-0.15, -0.1) is 0 Å². The zero-order chi connectivity index (χ0) is 17.6. The Balaban J connectivity index is 1.76. The minimum absolute atomic E-state index is 0.0131. The summed E-state index contributed by atoms with van der Waals surface area (Å²) in [5.74, 6) is 0.754. The van der Waals surface area contributed by atoms with Crippen molar-refractivity contribution >= 4 is 17.6 Å². The number of rotatable bonds is 5. The molecule has 0 aliphatic carbocycles. The van der Waals surface area contributed by atoms with E-state index in [1.165, 1.54) is 6.33 Å². The van der Waals surface area contributed by atoms with Crippen LogP contribution < -0.4 is 15.4 Å². The van der Waals surface area contributed by atoms with Crippen LogP contribution in [-0.4, -0.2) is 34.9 Å². The van der Waals surface area contributed by atoms with Crippen molar-refractivity contribution in [3.05, 3.63) is 36.7 Å². The summed E-state index contributed by atoms with van der Waals surface area (Å²) in [4.78, 5) is 31.9. The van der Waals surface area contributed by atoms with E-state index in [2.05, 4.69) is 20.6 Å². The molecule has 7 nitrogen and oxygen atoms in total. The highest BCUT2D eigenvalue weighted by Gasteiger charge is 2.24. The van der Waals surface area contributed by atoms with Crippen LogP contribution in [0.15, 0.2) is 36.7 Å². The van der Waals surface area contributed by atoms with Crippen molar-refractivity contribution in [1.29, 1.82) is 0 Å². The number of amides is 2. The molecule has 2 heterocycles. The number of aromatic nitrogens is 2. The third kappa shape index (κ3) is 4.12. The Morgan fingerprint density at radius 3 is 2.96 bits per heavy atom. The van der Waals surface area contributed by atoms with Gasteiger partial charge in [0.25, 0.3) is 0 Å². The van der Waals surface area contributed by atoms with E-state index in [9.17, 15) is 9.59 Å². The van der Waals surface area contributed by atoms with Gasteiger partial charge in [-0.1, -0.05) is 12.1 Å². The Morgan fingerprint density at radius 1 is 1.36 bits per heavy atom. The SMILES string of the molecule is CCOc1ccccc1-c1cc(NC(=O)C2CCC(=O)NC2)ncn1. The summed E-state index contributed by atoms with van der Waals surface area (Å²) in [7, 11) is 0. The van der Waals surface area contributed by atoms with E-state index in [1.807, 2.05) is 31.2 Å². The Morgan fingerprint density at radius 2 is 2.20 bits per heavy atom. The summed E-state index contributed by atoms with van der Waals surface area (Å²) >= 11 is 0. The lowest BCUT2D eigenvalue weighted by molar-refractivity contribution is -0.126. The summed E-state index contributed by atoms with van der Waals surface area (Å²) < 4.78 is 5.63. The van der Waals surface area contributed by atoms with Crippen molar-refractivity contribution in [2.75, 3.05) is 18.5 Å². The van der Waals surface area contributed by atoms with Crippen molar-refractivity contribution in [3.63, 3.8) is 0 Å². The van der Waals surface area contributed by atoms with Crippen molar-refractivity contribution in [2.45, 2.75) is 19.8 Å². The third-order valence-corrected chi connectivity index (χ3v) is 4.02. The highest BCUT2D eigenvalue weighted by molar-refractivity contribution is 5.93. The van der Waals surface area contributed by atoms with Gasteiger partial charge in [-0.3, -0.25) is 9.59 Å². The van der Waals surface area contributed by atoms with E-state index in [4.69, 9.17) is 4.74 Å². The zero-order valence-corrected chi connectivity index (χ0v) is 14.0. The van der Waals surface area contributed by atoms with Gasteiger partial charge in [-0.25, -0.2) is 9.97 Å². The van der Waals surface area contributed by atoms with Gasteiger partial charge in [0.2, 0.25) is 11.8 Å². The van der Waals surface area contributed by atoms with Gasteiger partial charge in [-0.2, -0.15) is 0 Å². The van der Waals surface area contributed by atoms with Crippen molar-refractivity contribution in [3.8, 4) is 17.0 Å². The number of piperidine rings is 1. The fraction of sp³-hybridized carbons (Fsp3) is 0.333. The minimum Gasteiger partial charge on any atom is -0.493 e. The monoisotopic (exact) mass is 340 g/mol. The molecular weight excluding hydrogens is 320 g/mol. The van der Waals surface area contributed by atoms with E-state index in [0.717, 1.165) is 11.3 Å². The van der Waals surface area contributed by atoms with Crippen LogP contribution in [0.25, 0.3) is 11.3 Å². The number of hydrogen-bond acceptors (Lipinski definition) is 5. The predicted molar refractivity (Wildman–Crippen MR) is 93.0 cm³/mol. The number of nitrogens with one attached hydrogen (secondary N) is 2. The largest absolute Gasteiger partial charge is 0.493 e. The maximum atomic E-state index is 12.3. The molecule has 130 valence electrons. The predicted octanol–water partition coefficient (Wildman–Crippen LogP) is 2.01. The first kappa shape index (κ1) is 16.9. The van der Waals surface area contributed by atoms with Crippen LogP contribution in [0.3, 0.4) is 0 Å². The fourth-order valence-electron chi connectivity index (χ4n) is 2.72. The second-order valence-electron chi connectivity index (χ2n) is 5.75. The van der Waals surface area contributed by atoms with Gasteiger partial charge in [0.1, 0.15) is 17.9 Å². The third-order valence-electron chi connectivity index (χ3n) is 4.02.